The summed E-state index contributed by atoms with van der Waals surface area (Å²) in [5, 5.41) is 0. The lowest BCUT2D eigenvalue weighted by atomic mass is 10.1. The van der Waals surface area contributed by atoms with Gasteiger partial charge in [-0.05, 0) is 24.3 Å². The number of nitrogens with zero attached hydrogens (tertiary/aromatic N) is 5. The molecule has 2 unspecified atom stereocenters. The summed E-state index contributed by atoms with van der Waals surface area (Å²) in [6.07, 6.45) is 1.22. The first-order valence-electron chi connectivity index (χ1n) is 10.3. The number of aliphatic imine (C=N–C) groups is 1. The number of likely N-dealkylation sites (N-methyl/N-ethyl adjacent to an activating group) is 1. The van der Waals surface area contributed by atoms with E-state index in [1.54, 1.807) is 24.1 Å². The van der Waals surface area contributed by atoms with Gasteiger partial charge in [-0.2, -0.15) is 0 Å². The zero-order valence-corrected chi connectivity index (χ0v) is 17.7. The number of ether oxygens (including phenoxy) is 1. The highest BCUT2D eigenvalue weighted by molar-refractivity contribution is 6.16. The summed E-state index contributed by atoms with van der Waals surface area (Å²) in [6, 6.07) is 14.7. The number of halogens is 1. The topological polar surface area (TPSA) is 68.7 Å². The van der Waals surface area contributed by atoms with Gasteiger partial charge in [0.1, 0.15) is 5.82 Å². The number of carbonyl (C=O) groups excluding carboxylic acids is 2. The van der Waals surface area contributed by atoms with Gasteiger partial charge in [0.25, 0.3) is 5.91 Å². The van der Waals surface area contributed by atoms with Gasteiger partial charge in [-0.15, -0.1) is 0 Å². The summed E-state index contributed by atoms with van der Waals surface area (Å²) in [7, 11) is 3.17. The monoisotopic (exact) mass is 435 g/mol. The van der Waals surface area contributed by atoms with E-state index in [-0.39, 0.29) is 24.9 Å². The fourth-order valence-corrected chi connectivity index (χ4v) is 4.28. The Labute approximate surface area is 184 Å². The Hall–Kier alpha value is -3.72. The largest absolute Gasteiger partial charge is 0.383 e. The molecule has 3 aliphatic rings. The molecule has 1 saturated heterocycles. The van der Waals surface area contributed by atoms with E-state index in [4.69, 9.17) is 9.73 Å². The van der Waals surface area contributed by atoms with Gasteiger partial charge in [-0.3, -0.25) is 19.5 Å². The Morgan fingerprint density at radius 1 is 1.06 bits per heavy atom. The minimum atomic E-state index is -0.686. The van der Waals surface area contributed by atoms with Gasteiger partial charge in [0.05, 0.1) is 18.8 Å². The van der Waals surface area contributed by atoms with Gasteiger partial charge in [0.2, 0.25) is 5.96 Å². The van der Waals surface area contributed by atoms with Crippen LogP contribution < -0.4 is 4.90 Å². The van der Waals surface area contributed by atoms with Gasteiger partial charge < -0.3 is 9.64 Å². The van der Waals surface area contributed by atoms with E-state index in [0.29, 0.717) is 11.6 Å². The third kappa shape index (κ3) is 3.04. The van der Waals surface area contributed by atoms with E-state index in [0.717, 1.165) is 11.3 Å². The standard InChI is InChI=1S/C23H22FN5O3/c1-26-20-19(21(30)27(23(26)31)12-13-32-2)28-14-18(15-6-4-3-5-7-15)29(22(28)25-20)17-10-8-16(24)9-11-17/h3-11,14,19-20H,12-13H2,1-2H3. The van der Waals surface area contributed by atoms with Crippen molar-refractivity contribution in [3.63, 3.8) is 0 Å². The first-order chi connectivity index (χ1) is 15.5. The van der Waals surface area contributed by atoms with Crippen molar-refractivity contribution in [3.8, 4) is 0 Å². The summed E-state index contributed by atoms with van der Waals surface area (Å²) in [5.41, 5.74) is 2.44. The molecule has 3 aliphatic heterocycles. The van der Waals surface area contributed by atoms with E-state index >= 15 is 0 Å². The number of benzene rings is 2. The molecule has 0 N–H and O–H groups in total. The molecule has 5 rings (SSSR count). The van der Waals surface area contributed by atoms with Crippen molar-refractivity contribution in [2.45, 2.75) is 12.2 Å². The molecule has 32 heavy (non-hydrogen) atoms. The number of amides is 3. The van der Waals surface area contributed by atoms with Crippen LogP contribution in [-0.2, 0) is 9.53 Å². The molecule has 0 aliphatic carbocycles. The second-order valence-electron chi connectivity index (χ2n) is 7.76. The van der Waals surface area contributed by atoms with E-state index in [1.807, 2.05) is 41.4 Å². The molecule has 2 aromatic carbocycles. The fraction of sp³-hybridized carbons (Fsp3) is 0.261. The Kier molecular flexibility index (Phi) is 4.90. The van der Waals surface area contributed by atoms with E-state index in [2.05, 4.69) is 0 Å². The lowest BCUT2D eigenvalue weighted by Gasteiger charge is -2.40. The second-order valence-corrected chi connectivity index (χ2v) is 7.76. The highest BCUT2D eigenvalue weighted by Crippen LogP contribution is 2.39. The third-order valence-corrected chi connectivity index (χ3v) is 5.88. The van der Waals surface area contributed by atoms with Crippen LogP contribution in [0, 0.1) is 5.82 Å². The van der Waals surface area contributed by atoms with Crippen molar-refractivity contribution in [2.75, 3.05) is 32.2 Å². The molecule has 0 bridgehead atoms. The Morgan fingerprint density at radius 2 is 1.78 bits per heavy atom. The maximum Gasteiger partial charge on any atom is 0.328 e. The van der Waals surface area contributed by atoms with Crippen molar-refractivity contribution in [1.82, 2.24) is 14.7 Å². The highest BCUT2D eigenvalue weighted by atomic mass is 19.1. The number of anilines is 1. The van der Waals surface area contributed by atoms with Crippen molar-refractivity contribution in [2.24, 2.45) is 4.99 Å². The number of guanidine groups is 1. The second kappa shape index (κ2) is 7.76. The zero-order valence-electron chi connectivity index (χ0n) is 17.7. The number of carbonyl (C=O) groups is 2. The van der Waals surface area contributed by atoms with Gasteiger partial charge in [0, 0.05) is 31.6 Å². The van der Waals surface area contributed by atoms with Gasteiger partial charge in [-0.25, -0.2) is 14.2 Å². The Balaban J connectivity index is 1.59. The van der Waals surface area contributed by atoms with Crippen LogP contribution in [0.25, 0.3) is 5.70 Å². The van der Waals surface area contributed by atoms with E-state index < -0.39 is 18.2 Å². The molecule has 0 spiro atoms. The quantitative estimate of drug-likeness (QED) is 0.722. The average molecular weight is 435 g/mol. The molecule has 0 radical (unpaired) electrons. The normalized spacial score (nSPS) is 22.2. The lowest BCUT2D eigenvalue weighted by Crippen LogP contribution is -2.64. The van der Waals surface area contributed by atoms with Crippen LogP contribution in [0.2, 0.25) is 0 Å². The molecule has 0 aromatic heterocycles. The first kappa shape index (κ1) is 20.2. The van der Waals surface area contributed by atoms with Crippen molar-refractivity contribution in [3.05, 3.63) is 72.2 Å². The van der Waals surface area contributed by atoms with Crippen LogP contribution in [-0.4, -0.2) is 72.1 Å². The predicted octanol–water partition coefficient (Wildman–Crippen LogP) is 2.55. The van der Waals surface area contributed by atoms with Crippen LogP contribution in [0.5, 0.6) is 0 Å². The number of methoxy groups -OCH3 is 1. The Bertz CT molecular complexity index is 1120. The van der Waals surface area contributed by atoms with Crippen LogP contribution in [0.3, 0.4) is 0 Å². The summed E-state index contributed by atoms with van der Waals surface area (Å²) in [4.78, 5) is 37.3. The molecule has 0 saturated carbocycles. The minimum Gasteiger partial charge on any atom is -0.383 e. The van der Waals surface area contributed by atoms with Crippen molar-refractivity contribution < 1.29 is 18.7 Å². The number of hydrogen-bond acceptors (Lipinski definition) is 6. The number of urea groups is 1. The molecule has 164 valence electrons. The lowest BCUT2D eigenvalue weighted by molar-refractivity contribution is -0.137. The number of rotatable bonds is 5. The Morgan fingerprint density at radius 3 is 2.47 bits per heavy atom. The summed E-state index contributed by atoms with van der Waals surface area (Å²) in [6.45, 7) is 0.422. The molecule has 9 heteroatoms. The van der Waals surface area contributed by atoms with Crippen LogP contribution in [0.15, 0.2) is 65.8 Å². The average Bonchev–Trinajstić information content (AvgIpc) is 3.35. The summed E-state index contributed by atoms with van der Waals surface area (Å²) in [5.74, 6) is -0.142. The predicted molar refractivity (Wildman–Crippen MR) is 117 cm³/mol. The molecule has 2 aromatic rings. The van der Waals surface area contributed by atoms with Crippen LogP contribution >= 0.6 is 0 Å². The molecular formula is C23H22FN5O3. The van der Waals surface area contributed by atoms with E-state index in [1.165, 1.54) is 29.0 Å². The van der Waals surface area contributed by atoms with E-state index in [9.17, 15) is 14.0 Å². The maximum atomic E-state index is 13.6. The molecule has 3 heterocycles. The smallest absolute Gasteiger partial charge is 0.328 e. The zero-order chi connectivity index (χ0) is 22.4. The first-order valence-corrected chi connectivity index (χ1v) is 10.3. The SMILES string of the molecule is COCCN1C(=O)C2C(N=C3N(c4ccc(F)cc4)C(c4ccccc4)=CN32)N(C)C1=O. The molecule has 2 atom stereocenters. The summed E-state index contributed by atoms with van der Waals surface area (Å²) >= 11 is 0. The molecule has 8 nitrogen and oxygen atoms in total. The minimum absolute atomic E-state index is 0.168. The number of hydrogen-bond donors (Lipinski definition) is 0. The van der Waals surface area contributed by atoms with Crippen LogP contribution in [0.4, 0.5) is 14.9 Å². The van der Waals surface area contributed by atoms with Crippen molar-refractivity contribution in [1.29, 1.82) is 0 Å². The number of imide groups is 1. The fourth-order valence-electron chi connectivity index (χ4n) is 4.28. The van der Waals surface area contributed by atoms with Gasteiger partial charge in [-0.1, -0.05) is 30.3 Å². The molecule has 3 amide bonds. The number of fused-ring (bicyclic) bond motifs is 3. The molecular weight excluding hydrogens is 413 g/mol. The maximum absolute atomic E-state index is 13.6. The third-order valence-electron chi connectivity index (χ3n) is 5.88. The van der Waals surface area contributed by atoms with Crippen LogP contribution in [0.1, 0.15) is 5.56 Å². The van der Waals surface area contributed by atoms with Gasteiger partial charge in [0.15, 0.2) is 12.2 Å². The van der Waals surface area contributed by atoms with Gasteiger partial charge >= 0.3 is 6.03 Å². The molecule has 1 fully saturated rings. The summed E-state index contributed by atoms with van der Waals surface area (Å²) < 4.78 is 18.7. The van der Waals surface area contributed by atoms with Crippen molar-refractivity contribution >= 4 is 29.3 Å². The highest BCUT2D eigenvalue weighted by Gasteiger charge is 2.54.